The van der Waals surface area contributed by atoms with Gasteiger partial charge in [0, 0.05) is 11.4 Å². The quantitative estimate of drug-likeness (QED) is 0.415. The van der Waals surface area contributed by atoms with Crippen molar-refractivity contribution >= 4 is 23.9 Å². The molecule has 0 fully saturated rings. The third-order valence-corrected chi connectivity index (χ3v) is 3.48. The molecule has 0 heterocycles. The smallest absolute Gasteiger partial charge is 0.323 e. The van der Waals surface area contributed by atoms with Crippen LogP contribution in [0.4, 0.5) is 0 Å². The van der Waals surface area contributed by atoms with Crippen molar-refractivity contribution in [2.75, 3.05) is 26.2 Å². The zero-order valence-corrected chi connectivity index (χ0v) is 13.0. The van der Waals surface area contributed by atoms with Gasteiger partial charge in [-0.25, -0.2) is 0 Å². The Bertz CT molecular complexity index is 477. The first-order valence-electron chi connectivity index (χ1n) is 7.29. The fraction of sp³-hybridized carbons (Fsp3) is 0.571. The minimum Gasteiger partial charge on any atom is -0.480 e. The van der Waals surface area contributed by atoms with Gasteiger partial charge in [-0.15, -0.1) is 0 Å². The van der Waals surface area contributed by atoms with E-state index in [-0.39, 0.29) is 0 Å². The maximum absolute atomic E-state index is 11.0. The minimum atomic E-state index is -1.23. The van der Waals surface area contributed by atoms with Crippen molar-refractivity contribution in [2.24, 2.45) is 0 Å². The SMILES string of the molecule is O=C(O)CN(CC(=O)O)C1=C(N(CC(=O)O)CC(=O)O)CCCC1. The molecule has 24 heavy (non-hydrogen) atoms. The van der Waals surface area contributed by atoms with Gasteiger partial charge in [0.1, 0.15) is 26.2 Å². The van der Waals surface area contributed by atoms with Gasteiger partial charge in [-0.1, -0.05) is 0 Å². The number of allylic oxidation sites excluding steroid dienone is 2. The number of aliphatic carboxylic acids is 4. The average Bonchev–Trinajstić information content (AvgIpc) is 2.44. The van der Waals surface area contributed by atoms with E-state index in [0.717, 1.165) is 9.80 Å². The number of carboxylic acid groups (broad SMARTS) is 4. The van der Waals surface area contributed by atoms with Crippen LogP contribution in [0.15, 0.2) is 11.4 Å². The second-order valence-electron chi connectivity index (χ2n) is 5.39. The van der Waals surface area contributed by atoms with Crippen LogP contribution in [-0.2, 0) is 19.2 Å². The molecule has 4 N–H and O–H groups in total. The van der Waals surface area contributed by atoms with Crippen molar-refractivity contribution in [3.63, 3.8) is 0 Å². The van der Waals surface area contributed by atoms with Gasteiger partial charge >= 0.3 is 23.9 Å². The van der Waals surface area contributed by atoms with E-state index < -0.39 is 50.1 Å². The molecule has 0 spiro atoms. The highest BCUT2D eigenvalue weighted by atomic mass is 16.4. The molecule has 0 bridgehead atoms. The Morgan fingerprint density at radius 1 is 0.625 bits per heavy atom. The summed E-state index contributed by atoms with van der Waals surface area (Å²) >= 11 is 0. The second kappa shape index (κ2) is 8.75. The van der Waals surface area contributed by atoms with Crippen molar-refractivity contribution in [2.45, 2.75) is 25.7 Å². The topological polar surface area (TPSA) is 156 Å². The van der Waals surface area contributed by atoms with E-state index in [2.05, 4.69) is 0 Å². The van der Waals surface area contributed by atoms with E-state index in [9.17, 15) is 19.2 Å². The molecular weight excluding hydrogens is 324 g/mol. The summed E-state index contributed by atoms with van der Waals surface area (Å²) in [5.74, 6) is -4.90. The van der Waals surface area contributed by atoms with Gasteiger partial charge in [0.25, 0.3) is 0 Å². The lowest BCUT2D eigenvalue weighted by Crippen LogP contribution is -2.40. The number of hydrogen-bond acceptors (Lipinski definition) is 6. The highest BCUT2D eigenvalue weighted by Gasteiger charge is 2.27. The second-order valence-corrected chi connectivity index (χ2v) is 5.39. The molecule has 10 nitrogen and oxygen atoms in total. The van der Waals surface area contributed by atoms with E-state index in [1.807, 2.05) is 0 Å². The summed E-state index contributed by atoms with van der Waals surface area (Å²) in [6, 6.07) is 0. The first-order valence-corrected chi connectivity index (χ1v) is 7.29. The summed E-state index contributed by atoms with van der Waals surface area (Å²) in [5.41, 5.74) is 0.766. The van der Waals surface area contributed by atoms with E-state index in [4.69, 9.17) is 20.4 Å². The maximum Gasteiger partial charge on any atom is 0.323 e. The summed E-state index contributed by atoms with van der Waals surface area (Å²) in [5, 5.41) is 35.9. The molecule has 134 valence electrons. The van der Waals surface area contributed by atoms with Gasteiger partial charge in [0.05, 0.1) is 0 Å². The van der Waals surface area contributed by atoms with Crippen LogP contribution < -0.4 is 0 Å². The van der Waals surface area contributed by atoms with Crippen LogP contribution in [0, 0.1) is 0 Å². The Hall–Kier alpha value is -2.78. The average molecular weight is 344 g/mol. The lowest BCUT2D eigenvalue weighted by atomic mass is 9.98. The first-order chi connectivity index (χ1) is 11.2. The molecule has 1 rings (SSSR count). The summed E-state index contributed by atoms with van der Waals surface area (Å²) in [6.07, 6.45) is 2.10. The van der Waals surface area contributed by atoms with Crippen LogP contribution in [0.3, 0.4) is 0 Å². The Morgan fingerprint density at radius 3 is 1.08 bits per heavy atom. The molecule has 0 amide bonds. The van der Waals surface area contributed by atoms with Crippen molar-refractivity contribution in [1.29, 1.82) is 0 Å². The lowest BCUT2D eigenvalue weighted by Gasteiger charge is -2.35. The Kier molecular flexibility index (Phi) is 7.02. The van der Waals surface area contributed by atoms with Gasteiger partial charge < -0.3 is 30.2 Å². The number of rotatable bonds is 10. The molecule has 0 saturated carbocycles. The Morgan fingerprint density at radius 2 is 0.875 bits per heavy atom. The molecule has 10 heteroatoms. The van der Waals surface area contributed by atoms with Crippen molar-refractivity contribution in [1.82, 2.24) is 9.80 Å². The van der Waals surface area contributed by atoms with Gasteiger partial charge in [-0.2, -0.15) is 0 Å². The molecule has 0 radical (unpaired) electrons. The number of nitrogens with zero attached hydrogens (tertiary/aromatic N) is 2. The predicted octanol–water partition coefficient (Wildman–Crippen LogP) is -0.286. The Labute approximate surface area is 137 Å². The molecule has 1 aliphatic rings. The highest BCUT2D eigenvalue weighted by molar-refractivity contribution is 5.74. The van der Waals surface area contributed by atoms with E-state index >= 15 is 0 Å². The first kappa shape index (κ1) is 19.3. The molecule has 0 unspecified atom stereocenters. The predicted molar refractivity (Wildman–Crippen MR) is 79.2 cm³/mol. The van der Waals surface area contributed by atoms with Crippen molar-refractivity contribution in [3.8, 4) is 0 Å². The van der Waals surface area contributed by atoms with E-state index in [1.54, 1.807) is 0 Å². The maximum atomic E-state index is 11.0. The zero-order valence-electron chi connectivity index (χ0n) is 13.0. The molecule has 0 aliphatic heterocycles. The molecule has 0 saturated heterocycles. The van der Waals surface area contributed by atoms with Crippen LogP contribution in [0.2, 0.25) is 0 Å². The number of carboxylic acids is 4. The highest BCUT2D eigenvalue weighted by Crippen LogP contribution is 2.29. The fourth-order valence-corrected chi connectivity index (χ4v) is 2.70. The van der Waals surface area contributed by atoms with Crippen LogP contribution >= 0.6 is 0 Å². The molecule has 0 aromatic carbocycles. The summed E-state index contributed by atoms with van der Waals surface area (Å²) in [6.45, 7) is -2.23. The molecular formula is C14H20N2O8. The van der Waals surface area contributed by atoms with Crippen molar-refractivity contribution < 1.29 is 39.6 Å². The monoisotopic (exact) mass is 344 g/mol. The standard InChI is InChI=1S/C14H20N2O8/c17-11(18)5-15(6-12(19)20)9-3-1-2-4-10(9)16(7-13(21)22)8-14(23)24/h1-8H2,(H,17,18)(H,19,20)(H,21,22)(H,23,24). The third-order valence-electron chi connectivity index (χ3n) is 3.48. The zero-order chi connectivity index (χ0) is 18.3. The molecule has 1 aliphatic carbocycles. The van der Waals surface area contributed by atoms with Crippen LogP contribution in [0.5, 0.6) is 0 Å². The van der Waals surface area contributed by atoms with Gasteiger partial charge in [0.2, 0.25) is 0 Å². The van der Waals surface area contributed by atoms with E-state index in [0.29, 0.717) is 37.1 Å². The van der Waals surface area contributed by atoms with E-state index in [1.165, 1.54) is 0 Å². The minimum absolute atomic E-state index is 0.367. The van der Waals surface area contributed by atoms with Gasteiger partial charge in [0.15, 0.2) is 0 Å². The van der Waals surface area contributed by atoms with Crippen LogP contribution in [0.25, 0.3) is 0 Å². The molecule has 0 atom stereocenters. The van der Waals surface area contributed by atoms with Crippen LogP contribution in [0.1, 0.15) is 25.7 Å². The summed E-state index contributed by atoms with van der Waals surface area (Å²) in [7, 11) is 0. The normalized spacial score (nSPS) is 14.2. The van der Waals surface area contributed by atoms with Crippen LogP contribution in [-0.4, -0.2) is 80.3 Å². The molecule has 0 aromatic heterocycles. The summed E-state index contributed by atoms with van der Waals surface area (Å²) < 4.78 is 0. The Balaban J connectivity index is 3.24. The van der Waals surface area contributed by atoms with Crippen molar-refractivity contribution in [3.05, 3.63) is 11.4 Å². The summed E-state index contributed by atoms with van der Waals surface area (Å²) in [4.78, 5) is 46.3. The fourth-order valence-electron chi connectivity index (χ4n) is 2.70. The van der Waals surface area contributed by atoms with Gasteiger partial charge in [-0.05, 0) is 25.7 Å². The van der Waals surface area contributed by atoms with Gasteiger partial charge in [-0.3, -0.25) is 19.2 Å². The largest absolute Gasteiger partial charge is 0.480 e. The number of hydrogen-bond donors (Lipinski definition) is 4. The third kappa shape index (κ3) is 6.15. The molecule has 0 aromatic rings. The lowest BCUT2D eigenvalue weighted by molar-refractivity contribution is -0.143. The number of carbonyl (C=O) groups is 4.